The molecule has 0 aliphatic rings. The smallest absolute Gasteiger partial charge is 0.338 e. The molecule has 0 fully saturated rings. The van der Waals surface area contributed by atoms with E-state index in [0.29, 0.717) is 5.56 Å². The van der Waals surface area contributed by atoms with Crippen LogP contribution in [-0.4, -0.2) is 12.1 Å². The Morgan fingerprint density at radius 3 is 2.30 bits per heavy atom. The van der Waals surface area contributed by atoms with Crippen molar-refractivity contribution in [2.24, 2.45) is 5.73 Å². The standard InChI is InChI=1S/C16H25NO2.ClH/c1-4-5-6-7-15(17)13-8-10-14(11-9-13)16(18)19-12(2)3;/h8-12,15H,4-7,17H2,1-3H3;1H/t15-;/m0./s1. The average Bonchev–Trinajstić information content (AvgIpc) is 2.38. The van der Waals surface area contributed by atoms with Crippen LogP contribution in [0.2, 0.25) is 0 Å². The van der Waals surface area contributed by atoms with Crippen LogP contribution < -0.4 is 5.73 Å². The zero-order valence-corrected chi connectivity index (χ0v) is 13.4. The molecular formula is C16H26ClNO2. The summed E-state index contributed by atoms with van der Waals surface area (Å²) in [6.07, 6.45) is 4.46. The van der Waals surface area contributed by atoms with Gasteiger partial charge in [0.1, 0.15) is 0 Å². The number of halogens is 1. The molecule has 0 aliphatic carbocycles. The lowest BCUT2D eigenvalue weighted by atomic mass is 10.0. The van der Waals surface area contributed by atoms with Crippen LogP contribution in [-0.2, 0) is 4.74 Å². The van der Waals surface area contributed by atoms with Crippen LogP contribution in [0.5, 0.6) is 0 Å². The number of ether oxygens (including phenoxy) is 1. The Labute approximate surface area is 128 Å². The van der Waals surface area contributed by atoms with Gasteiger partial charge in [0.05, 0.1) is 11.7 Å². The van der Waals surface area contributed by atoms with Gasteiger partial charge in [0.25, 0.3) is 0 Å². The minimum atomic E-state index is -0.277. The number of hydrogen-bond donors (Lipinski definition) is 1. The van der Waals surface area contributed by atoms with Crippen LogP contribution in [0.15, 0.2) is 24.3 Å². The molecule has 0 unspecified atom stereocenters. The Bertz CT molecular complexity index is 390. The highest BCUT2D eigenvalue weighted by atomic mass is 35.5. The SMILES string of the molecule is CCCCC[C@H](N)c1ccc(C(=O)OC(C)C)cc1.Cl. The third kappa shape index (κ3) is 6.40. The second kappa shape index (κ2) is 9.78. The second-order valence-electron chi connectivity index (χ2n) is 5.18. The fourth-order valence-corrected chi connectivity index (χ4v) is 1.93. The number of nitrogens with two attached hydrogens (primary N) is 1. The molecule has 0 bridgehead atoms. The lowest BCUT2D eigenvalue weighted by Gasteiger charge is -2.13. The first-order valence-electron chi connectivity index (χ1n) is 7.11. The van der Waals surface area contributed by atoms with E-state index in [9.17, 15) is 4.79 Å². The van der Waals surface area contributed by atoms with E-state index in [0.717, 1.165) is 18.4 Å². The first-order valence-corrected chi connectivity index (χ1v) is 7.11. The van der Waals surface area contributed by atoms with Crippen LogP contribution in [0.1, 0.15) is 68.4 Å². The van der Waals surface area contributed by atoms with Crippen LogP contribution in [0.25, 0.3) is 0 Å². The molecule has 3 nitrogen and oxygen atoms in total. The number of hydrogen-bond acceptors (Lipinski definition) is 3. The summed E-state index contributed by atoms with van der Waals surface area (Å²) in [7, 11) is 0. The number of carbonyl (C=O) groups excluding carboxylic acids is 1. The molecule has 2 N–H and O–H groups in total. The van der Waals surface area contributed by atoms with E-state index < -0.39 is 0 Å². The maximum atomic E-state index is 11.7. The van der Waals surface area contributed by atoms with Crippen molar-refractivity contribution in [3.63, 3.8) is 0 Å². The number of carbonyl (C=O) groups is 1. The average molecular weight is 300 g/mol. The normalized spacial score (nSPS) is 11.8. The minimum absolute atomic E-state index is 0. The zero-order chi connectivity index (χ0) is 14.3. The van der Waals surface area contributed by atoms with Crippen molar-refractivity contribution in [2.45, 2.75) is 58.6 Å². The molecule has 0 aliphatic heterocycles. The molecular weight excluding hydrogens is 274 g/mol. The van der Waals surface area contributed by atoms with E-state index in [1.54, 1.807) is 12.1 Å². The second-order valence-corrected chi connectivity index (χ2v) is 5.18. The van der Waals surface area contributed by atoms with Crippen molar-refractivity contribution < 1.29 is 9.53 Å². The van der Waals surface area contributed by atoms with E-state index in [1.165, 1.54) is 12.8 Å². The quantitative estimate of drug-likeness (QED) is 0.605. The van der Waals surface area contributed by atoms with Gasteiger partial charge in [0.2, 0.25) is 0 Å². The summed E-state index contributed by atoms with van der Waals surface area (Å²) in [5, 5.41) is 0. The largest absolute Gasteiger partial charge is 0.459 e. The van der Waals surface area contributed by atoms with E-state index in [1.807, 2.05) is 26.0 Å². The number of unbranched alkanes of at least 4 members (excludes halogenated alkanes) is 2. The van der Waals surface area contributed by atoms with Gasteiger partial charge in [-0.3, -0.25) is 0 Å². The van der Waals surface area contributed by atoms with Crippen molar-refractivity contribution >= 4 is 18.4 Å². The van der Waals surface area contributed by atoms with Gasteiger partial charge < -0.3 is 10.5 Å². The van der Waals surface area contributed by atoms with Crippen LogP contribution in [0.4, 0.5) is 0 Å². The third-order valence-electron chi connectivity index (χ3n) is 3.04. The topological polar surface area (TPSA) is 52.3 Å². The summed E-state index contributed by atoms with van der Waals surface area (Å²) >= 11 is 0. The van der Waals surface area contributed by atoms with Crippen molar-refractivity contribution in [2.75, 3.05) is 0 Å². The Balaban J connectivity index is 0.00000361. The van der Waals surface area contributed by atoms with Gasteiger partial charge in [-0.05, 0) is 38.0 Å². The fourth-order valence-electron chi connectivity index (χ4n) is 1.93. The Hall–Kier alpha value is -1.06. The van der Waals surface area contributed by atoms with Gasteiger partial charge in [0, 0.05) is 6.04 Å². The number of esters is 1. The maximum absolute atomic E-state index is 11.7. The molecule has 0 saturated carbocycles. The molecule has 0 heterocycles. The lowest BCUT2D eigenvalue weighted by molar-refractivity contribution is 0.0378. The van der Waals surface area contributed by atoms with Crippen molar-refractivity contribution in [1.29, 1.82) is 0 Å². The van der Waals surface area contributed by atoms with Gasteiger partial charge in [-0.15, -0.1) is 12.4 Å². The fraction of sp³-hybridized carbons (Fsp3) is 0.562. The molecule has 1 aromatic rings. The molecule has 0 aromatic heterocycles. The monoisotopic (exact) mass is 299 g/mol. The minimum Gasteiger partial charge on any atom is -0.459 e. The molecule has 4 heteroatoms. The van der Waals surface area contributed by atoms with Crippen molar-refractivity contribution in [3.8, 4) is 0 Å². The summed E-state index contributed by atoms with van der Waals surface area (Å²) in [5.74, 6) is -0.277. The van der Waals surface area contributed by atoms with E-state index in [4.69, 9.17) is 10.5 Å². The van der Waals surface area contributed by atoms with Crippen LogP contribution in [0, 0.1) is 0 Å². The predicted octanol–water partition coefficient (Wildman–Crippen LogP) is 4.25. The van der Waals surface area contributed by atoms with Gasteiger partial charge >= 0.3 is 5.97 Å². The van der Waals surface area contributed by atoms with E-state index in [-0.39, 0.29) is 30.5 Å². The first-order chi connectivity index (χ1) is 9.04. The summed E-state index contributed by atoms with van der Waals surface area (Å²) in [4.78, 5) is 11.7. The van der Waals surface area contributed by atoms with Gasteiger partial charge in [-0.2, -0.15) is 0 Å². The summed E-state index contributed by atoms with van der Waals surface area (Å²) in [6, 6.07) is 7.49. The molecule has 1 aromatic carbocycles. The molecule has 0 amide bonds. The van der Waals surface area contributed by atoms with E-state index >= 15 is 0 Å². The number of rotatable bonds is 7. The Kier molecular flexibility index (Phi) is 9.26. The molecule has 0 spiro atoms. The summed E-state index contributed by atoms with van der Waals surface area (Å²) in [6.45, 7) is 5.87. The lowest BCUT2D eigenvalue weighted by Crippen LogP contribution is -2.13. The predicted molar refractivity (Wildman–Crippen MR) is 85.3 cm³/mol. The summed E-state index contributed by atoms with van der Waals surface area (Å²) < 4.78 is 5.15. The molecule has 1 atom stereocenters. The highest BCUT2D eigenvalue weighted by Crippen LogP contribution is 2.18. The zero-order valence-electron chi connectivity index (χ0n) is 12.6. The Morgan fingerprint density at radius 1 is 1.20 bits per heavy atom. The van der Waals surface area contributed by atoms with Gasteiger partial charge in [-0.25, -0.2) is 4.79 Å². The summed E-state index contributed by atoms with van der Waals surface area (Å²) in [5.41, 5.74) is 7.79. The highest BCUT2D eigenvalue weighted by molar-refractivity contribution is 5.89. The molecule has 0 saturated heterocycles. The maximum Gasteiger partial charge on any atom is 0.338 e. The Morgan fingerprint density at radius 2 is 1.80 bits per heavy atom. The van der Waals surface area contributed by atoms with Crippen molar-refractivity contribution in [1.82, 2.24) is 0 Å². The van der Waals surface area contributed by atoms with Crippen molar-refractivity contribution in [3.05, 3.63) is 35.4 Å². The molecule has 20 heavy (non-hydrogen) atoms. The van der Waals surface area contributed by atoms with Gasteiger partial charge in [0.15, 0.2) is 0 Å². The van der Waals surface area contributed by atoms with Crippen LogP contribution in [0.3, 0.4) is 0 Å². The van der Waals surface area contributed by atoms with Crippen LogP contribution >= 0.6 is 12.4 Å². The number of benzene rings is 1. The molecule has 1 rings (SSSR count). The highest BCUT2D eigenvalue weighted by Gasteiger charge is 2.10. The van der Waals surface area contributed by atoms with E-state index in [2.05, 4.69) is 6.92 Å². The van der Waals surface area contributed by atoms with Gasteiger partial charge in [-0.1, -0.05) is 38.3 Å². The molecule has 0 radical (unpaired) electrons. The first kappa shape index (κ1) is 18.9. The third-order valence-corrected chi connectivity index (χ3v) is 3.04. The molecule has 114 valence electrons.